The first-order valence-corrected chi connectivity index (χ1v) is 5.28. The lowest BCUT2D eigenvalue weighted by Crippen LogP contribution is -2.51. The summed E-state index contributed by atoms with van der Waals surface area (Å²) in [5, 5.41) is 0. The number of carbonyl (C=O) groups excluding carboxylic acids is 2. The minimum Gasteiger partial charge on any atom is -0.380 e. The van der Waals surface area contributed by atoms with Gasteiger partial charge in [0.1, 0.15) is 0 Å². The van der Waals surface area contributed by atoms with Crippen LogP contribution in [0.15, 0.2) is 0 Å². The maximum atomic E-state index is 12.7. The molecule has 0 aliphatic rings. The van der Waals surface area contributed by atoms with Gasteiger partial charge in [-0.25, -0.2) is 19.1 Å². The van der Waals surface area contributed by atoms with Crippen molar-refractivity contribution in [1.29, 1.82) is 0 Å². The number of carbonyl (C=O) groups is 2. The summed E-state index contributed by atoms with van der Waals surface area (Å²) in [6, 6.07) is 0. The second-order valence-corrected chi connectivity index (χ2v) is 3.94. The Morgan fingerprint density at radius 1 is 0.481 bits per heavy atom. The van der Waals surface area contributed by atoms with Gasteiger partial charge in [0.25, 0.3) is 0 Å². The van der Waals surface area contributed by atoms with Crippen molar-refractivity contribution in [2.75, 3.05) is 0 Å². The molecule has 0 fully saturated rings. The first kappa shape index (κ1) is 25.1. The molecular weight excluding hydrogens is 442 g/mol. The molecule has 0 aromatic rings. The van der Waals surface area contributed by atoms with Crippen molar-refractivity contribution in [3.8, 4) is 0 Å². The van der Waals surface area contributed by atoms with E-state index in [0.29, 0.717) is 0 Å². The van der Waals surface area contributed by atoms with Crippen molar-refractivity contribution in [2.45, 2.75) is 36.8 Å². The highest BCUT2D eigenvalue weighted by atomic mass is 19.4. The fourth-order valence-electron chi connectivity index (χ4n) is 0.724. The SMILES string of the molecule is O=C(OC(=O)C(F)(F)OC(F)(F)C(F)(F)F)C(F)(F)OC(F)(F)C(F)(F)F. The summed E-state index contributed by atoms with van der Waals surface area (Å²) >= 11 is 0. The van der Waals surface area contributed by atoms with Crippen LogP contribution in [0.5, 0.6) is 0 Å². The molecular formula is C8F14O5. The molecule has 0 aromatic heterocycles. The Bertz CT molecular complexity index is 525. The van der Waals surface area contributed by atoms with E-state index in [2.05, 4.69) is 4.74 Å². The predicted molar refractivity (Wildman–Crippen MR) is 45.2 cm³/mol. The highest BCUT2D eigenvalue weighted by Gasteiger charge is 2.68. The molecule has 5 nitrogen and oxygen atoms in total. The Morgan fingerprint density at radius 2 is 0.704 bits per heavy atom. The number of hydrogen-bond donors (Lipinski definition) is 0. The van der Waals surface area contributed by atoms with Crippen LogP contribution in [0.25, 0.3) is 0 Å². The molecule has 0 radical (unpaired) electrons. The van der Waals surface area contributed by atoms with Gasteiger partial charge in [-0.2, -0.15) is 61.5 Å². The first-order chi connectivity index (χ1) is 11.5. The average Bonchev–Trinajstić information content (AvgIpc) is 2.32. The van der Waals surface area contributed by atoms with Gasteiger partial charge >= 0.3 is 48.7 Å². The van der Waals surface area contributed by atoms with E-state index < -0.39 is 48.7 Å². The lowest BCUT2D eigenvalue weighted by atomic mass is 10.5. The number of alkyl halides is 14. The molecule has 0 rings (SSSR count). The van der Waals surface area contributed by atoms with Crippen molar-refractivity contribution < 1.29 is 85.3 Å². The molecule has 0 amide bonds. The molecule has 160 valence electrons. The zero-order chi connectivity index (χ0) is 22.3. The van der Waals surface area contributed by atoms with Gasteiger partial charge in [0, 0.05) is 0 Å². The molecule has 0 unspecified atom stereocenters. The van der Waals surface area contributed by atoms with Crippen LogP contribution in [0.2, 0.25) is 0 Å². The third kappa shape index (κ3) is 6.04. The van der Waals surface area contributed by atoms with Crippen LogP contribution in [-0.4, -0.2) is 48.7 Å². The van der Waals surface area contributed by atoms with Crippen LogP contribution in [0.4, 0.5) is 61.5 Å². The third-order valence-corrected chi connectivity index (χ3v) is 1.83. The van der Waals surface area contributed by atoms with Crippen molar-refractivity contribution >= 4 is 11.9 Å². The van der Waals surface area contributed by atoms with E-state index in [-0.39, 0.29) is 0 Å². The van der Waals surface area contributed by atoms with Crippen molar-refractivity contribution in [3.05, 3.63) is 0 Å². The fourth-order valence-corrected chi connectivity index (χ4v) is 0.724. The number of halogens is 14. The van der Waals surface area contributed by atoms with Crippen LogP contribution >= 0.6 is 0 Å². The molecule has 19 heteroatoms. The van der Waals surface area contributed by atoms with Crippen molar-refractivity contribution in [1.82, 2.24) is 0 Å². The standard InChI is InChI=1S/C8F14O5/c9-3(10,26-7(19,20)5(13,14)15)1(23)25-2(24)4(11,12)27-8(21,22)6(16,17)18. The molecule has 0 aromatic carbocycles. The zero-order valence-electron chi connectivity index (χ0n) is 11.3. The number of ether oxygens (including phenoxy) is 3. The van der Waals surface area contributed by atoms with E-state index in [0.717, 1.165) is 0 Å². The number of hydrogen-bond acceptors (Lipinski definition) is 5. The average molecular weight is 442 g/mol. The summed E-state index contributed by atoms with van der Waals surface area (Å²) in [4.78, 5) is 20.9. The highest BCUT2D eigenvalue weighted by molar-refractivity contribution is 5.91. The van der Waals surface area contributed by atoms with E-state index in [4.69, 9.17) is 0 Å². The van der Waals surface area contributed by atoms with Crippen LogP contribution < -0.4 is 0 Å². The van der Waals surface area contributed by atoms with Gasteiger partial charge in [-0.1, -0.05) is 0 Å². The maximum Gasteiger partial charge on any atom is 0.483 e. The lowest BCUT2D eigenvalue weighted by Gasteiger charge is -2.25. The third-order valence-electron chi connectivity index (χ3n) is 1.83. The second-order valence-electron chi connectivity index (χ2n) is 3.94. The monoisotopic (exact) mass is 442 g/mol. The van der Waals surface area contributed by atoms with Gasteiger partial charge in [-0.15, -0.1) is 0 Å². The molecule has 0 atom stereocenters. The molecule has 0 saturated carbocycles. The Labute approximate surface area is 135 Å². The molecule has 0 saturated heterocycles. The van der Waals surface area contributed by atoms with Crippen molar-refractivity contribution in [2.24, 2.45) is 0 Å². The Balaban J connectivity index is 5.31. The fraction of sp³-hybridized carbons (Fsp3) is 0.750. The summed E-state index contributed by atoms with van der Waals surface area (Å²) in [6.07, 6.45) is -40.4. The van der Waals surface area contributed by atoms with E-state index in [1.54, 1.807) is 9.47 Å². The van der Waals surface area contributed by atoms with E-state index in [9.17, 15) is 71.1 Å². The van der Waals surface area contributed by atoms with Gasteiger partial charge in [-0.3, -0.25) is 0 Å². The molecule has 0 aliphatic heterocycles. The summed E-state index contributed by atoms with van der Waals surface area (Å²) in [5.41, 5.74) is 0. The maximum absolute atomic E-state index is 12.7. The molecule has 0 bridgehead atoms. The Hall–Kier alpha value is -1.92. The summed E-state index contributed by atoms with van der Waals surface area (Å²) in [6.45, 7) is 0. The largest absolute Gasteiger partial charge is 0.483 e. The van der Waals surface area contributed by atoms with Gasteiger partial charge < -0.3 is 4.74 Å². The molecule has 0 aliphatic carbocycles. The normalized spacial score (nSPS) is 14.9. The lowest BCUT2D eigenvalue weighted by molar-refractivity contribution is -0.451. The van der Waals surface area contributed by atoms with Crippen LogP contribution in [0.1, 0.15) is 0 Å². The van der Waals surface area contributed by atoms with Crippen LogP contribution in [0, 0.1) is 0 Å². The smallest absolute Gasteiger partial charge is 0.380 e. The highest BCUT2D eigenvalue weighted by Crippen LogP contribution is 2.42. The quantitative estimate of drug-likeness (QED) is 0.358. The van der Waals surface area contributed by atoms with Crippen LogP contribution in [0.3, 0.4) is 0 Å². The minimum absolute atomic E-state index is 1.69. The summed E-state index contributed by atoms with van der Waals surface area (Å²) < 4.78 is 175. The van der Waals surface area contributed by atoms with E-state index in [1.165, 1.54) is 0 Å². The molecule has 0 N–H and O–H groups in total. The van der Waals surface area contributed by atoms with Gasteiger partial charge in [0.15, 0.2) is 0 Å². The predicted octanol–water partition coefficient (Wildman–Crippen LogP) is 3.59. The first-order valence-electron chi connectivity index (χ1n) is 5.28. The molecule has 27 heavy (non-hydrogen) atoms. The summed E-state index contributed by atoms with van der Waals surface area (Å²) in [7, 11) is 0. The number of rotatable bonds is 6. The van der Waals surface area contributed by atoms with E-state index >= 15 is 0 Å². The van der Waals surface area contributed by atoms with E-state index in [1.807, 2.05) is 0 Å². The second kappa shape index (κ2) is 6.91. The minimum atomic E-state index is -6.89. The topological polar surface area (TPSA) is 61.8 Å². The zero-order valence-corrected chi connectivity index (χ0v) is 11.3. The van der Waals surface area contributed by atoms with Crippen LogP contribution in [-0.2, 0) is 23.8 Å². The van der Waals surface area contributed by atoms with Gasteiger partial charge in [0.05, 0.1) is 0 Å². The van der Waals surface area contributed by atoms with Crippen molar-refractivity contribution in [3.63, 3.8) is 0 Å². The Kier molecular flexibility index (Phi) is 6.42. The summed E-state index contributed by atoms with van der Waals surface area (Å²) in [5.74, 6) is -8.09. The van der Waals surface area contributed by atoms with Gasteiger partial charge in [-0.05, 0) is 0 Å². The van der Waals surface area contributed by atoms with Gasteiger partial charge in [0.2, 0.25) is 0 Å². The Morgan fingerprint density at radius 3 is 0.889 bits per heavy atom. The number of esters is 2. The molecule has 0 heterocycles. The molecule has 0 spiro atoms.